The Kier molecular flexibility index (Phi) is 3.93. The number of hydrogen-bond acceptors (Lipinski definition) is 5. The Hall–Kier alpha value is -1.37. The Balaban J connectivity index is 0.00000133. The highest BCUT2D eigenvalue weighted by molar-refractivity contribution is 6.33. The van der Waals surface area contributed by atoms with E-state index in [1.165, 1.54) is 0 Å². The molecule has 3 N–H and O–H groups in total. The zero-order chi connectivity index (χ0) is 12.7. The van der Waals surface area contributed by atoms with Gasteiger partial charge in [0.05, 0.1) is 12.4 Å². The zero-order valence-corrected chi connectivity index (χ0v) is 11.5. The number of nitrogens with zero attached hydrogens (tertiary/aromatic N) is 4. The predicted octanol–water partition coefficient (Wildman–Crippen LogP) is 1.59. The van der Waals surface area contributed by atoms with Gasteiger partial charge in [-0.3, -0.25) is 0 Å². The second kappa shape index (κ2) is 5.32. The molecule has 1 aliphatic rings. The lowest BCUT2D eigenvalue weighted by atomic mass is 10.1. The van der Waals surface area contributed by atoms with E-state index in [0.717, 1.165) is 6.42 Å². The molecule has 2 aromatic heterocycles. The largest absolute Gasteiger partial charge is 0.396 e. The molecule has 8 heteroatoms. The molecule has 0 saturated heterocycles. The molecule has 1 aliphatic carbocycles. The van der Waals surface area contributed by atoms with E-state index in [4.69, 9.17) is 22.4 Å². The number of imidazole rings is 1. The zero-order valence-electron chi connectivity index (χ0n) is 9.90. The van der Waals surface area contributed by atoms with Crippen molar-refractivity contribution in [2.45, 2.75) is 12.5 Å². The maximum absolute atomic E-state index is 9.14. The maximum Gasteiger partial charge on any atom is 0.223 e. The number of hydrogen-bond donors (Lipinski definition) is 2. The number of rotatable bonds is 2. The van der Waals surface area contributed by atoms with Gasteiger partial charge in [-0.2, -0.15) is 9.97 Å². The average Bonchev–Trinajstić information content (AvgIpc) is 2.93. The van der Waals surface area contributed by atoms with Gasteiger partial charge in [-0.15, -0.1) is 12.4 Å². The van der Waals surface area contributed by atoms with Crippen molar-refractivity contribution in [3.05, 3.63) is 23.6 Å². The minimum Gasteiger partial charge on any atom is -0.396 e. The lowest BCUT2D eigenvalue weighted by Crippen LogP contribution is -2.08. The van der Waals surface area contributed by atoms with Crippen molar-refractivity contribution in [3.63, 3.8) is 0 Å². The first-order chi connectivity index (χ1) is 8.69. The third-order valence-corrected chi connectivity index (χ3v) is 3.40. The number of halogens is 2. The Labute approximate surface area is 120 Å². The molecular formula is C11H13Cl2N5O. The van der Waals surface area contributed by atoms with Crippen LogP contribution in [0.4, 0.5) is 5.95 Å². The molecule has 0 amide bonds. The normalized spacial score (nSPS) is 21.8. The van der Waals surface area contributed by atoms with Gasteiger partial charge in [0.1, 0.15) is 5.52 Å². The molecular weight excluding hydrogens is 289 g/mol. The van der Waals surface area contributed by atoms with Crippen molar-refractivity contribution < 1.29 is 5.11 Å². The topological polar surface area (TPSA) is 89.8 Å². The molecule has 0 spiro atoms. The third-order valence-electron chi connectivity index (χ3n) is 3.14. The third kappa shape index (κ3) is 2.39. The Morgan fingerprint density at radius 2 is 2.21 bits per heavy atom. The van der Waals surface area contributed by atoms with Crippen LogP contribution in [0.25, 0.3) is 11.2 Å². The second-order valence-electron chi connectivity index (χ2n) is 4.33. The molecule has 0 bridgehead atoms. The van der Waals surface area contributed by atoms with Crippen molar-refractivity contribution in [3.8, 4) is 0 Å². The summed E-state index contributed by atoms with van der Waals surface area (Å²) in [6.07, 6.45) is 6.54. The van der Waals surface area contributed by atoms with Gasteiger partial charge in [0, 0.05) is 12.5 Å². The van der Waals surface area contributed by atoms with Gasteiger partial charge in [-0.25, -0.2) is 4.98 Å². The minimum absolute atomic E-state index is 0. The van der Waals surface area contributed by atoms with Crippen LogP contribution in [0.2, 0.25) is 5.15 Å². The number of aliphatic hydroxyl groups is 1. The van der Waals surface area contributed by atoms with E-state index in [-0.39, 0.29) is 42.1 Å². The first-order valence-corrected chi connectivity index (χ1v) is 6.01. The molecule has 2 atom stereocenters. The van der Waals surface area contributed by atoms with Crippen LogP contribution in [-0.2, 0) is 0 Å². The number of nitrogen functional groups attached to an aromatic ring is 1. The first-order valence-electron chi connectivity index (χ1n) is 5.63. The highest BCUT2D eigenvalue weighted by Gasteiger charge is 2.22. The number of aromatic nitrogens is 4. The highest BCUT2D eigenvalue weighted by atomic mass is 35.5. The summed E-state index contributed by atoms with van der Waals surface area (Å²) in [5.41, 5.74) is 6.77. The fraction of sp³-hybridized carbons (Fsp3) is 0.364. The lowest BCUT2D eigenvalue weighted by Gasteiger charge is -2.12. The summed E-state index contributed by atoms with van der Waals surface area (Å²) < 4.78 is 1.91. The van der Waals surface area contributed by atoms with Crippen LogP contribution in [0, 0.1) is 5.92 Å². The molecule has 3 rings (SSSR count). The van der Waals surface area contributed by atoms with Crippen molar-refractivity contribution in [2.75, 3.05) is 12.3 Å². The summed E-state index contributed by atoms with van der Waals surface area (Å²) in [6.45, 7) is 0.150. The fourth-order valence-electron chi connectivity index (χ4n) is 2.23. The number of fused-ring (bicyclic) bond motifs is 1. The molecule has 2 unspecified atom stereocenters. The van der Waals surface area contributed by atoms with Gasteiger partial charge >= 0.3 is 0 Å². The summed E-state index contributed by atoms with van der Waals surface area (Å²) in [5, 5.41) is 9.40. The number of allylic oxidation sites excluding steroid dienone is 1. The predicted molar refractivity (Wildman–Crippen MR) is 75.4 cm³/mol. The van der Waals surface area contributed by atoms with E-state index in [1.54, 1.807) is 6.33 Å². The highest BCUT2D eigenvalue weighted by Crippen LogP contribution is 2.30. The molecule has 2 heterocycles. The number of nitrogens with two attached hydrogens (primary N) is 1. The summed E-state index contributed by atoms with van der Waals surface area (Å²) in [6, 6.07) is 0.123. The van der Waals surface area contributed by atoms with E-state index in [2.05, 4.69) is 15.0 Å². The molecule has 0 aliphatic heterocycles. The van der Waals surface area contributed by atoms with Gasteiger partial charge in [0.25, 0.3) is 0 Å². The molecule has 0 radical (unpaired) electrons. The molecule has 0 saturated carbocycles. The van der Waals surface area contributed by atoms with Crippen LogP contribution in [-0.4, -0.2) is 31.2 Å². The van der Waals surface area contributed by atoms with Crippen molar-refractivity contribution in [1.29, 1.82) is 0 Å². The molecule has 102 valence electrons. The van der Waals surface area contributed by atoms with Crippen LogP contribution < -0.4 is 5.73 Å². The monoisotopic (exact) mass is 301 g/mol. The summed E-state index contributed by atoms with van der Waals surface area (Å²) >= 11 is 5.97. The van der Waals surface area contributed by atoms with E-state index in [9.17, 15) is 0 Å². The summed E-state index contributed by atoms with van der Waals surface area (Å²) in [5.74, 6) is 0.317. The van der Waals surface area contributed by atoms with Gasteiger partial charge in [0.2, 0.25) is 5.95 Å². The smallest absolute Gasteiger partial charge is 0.223 e. The fourth-order valence-corrected chi connectivity index (χ4v) is 2.45. The average molecular weight is 302 g/mol. The summed E-state index contributed by atoms with van der Waals surface area (Å²) in [7, 11) is 0. The van der Waals surface area contributed by atoms with Gasteiger partial charge < -0.3 is 15.4 Å². The van der Waals surface area contributed by atoms with E-state index in [0.29, 0.717) is 11.2 Å². The van der Waals surface area contributed by atoms with E-state index < -0.39 is 0 Å². The second-order valence-corrected chi connectivity index (χ2v) is 4.69. The number of aliphatic hydroxyl groups excluding tert-OH is 1. The quantitative estimate of drug-likeness (QED) is 0.649. The summed E-state index contributed by atoms with van der Waals surface area (Å²) in [4.78, 5) is 12.3. The van der Waals surface area contributed by atoms with Crippen LogP contribution in [0.5, 0.6) is 0 Å². The lowest BCUT2D eigenvalue weighted by molar-refractivity contribution is 0.244. The van der Waals surface area contributed by atoms with Crippen LogP contribution in [0.1, 0.15) is 12.5 Å². The van der Waals surface area contributed by atoms with Crippen molar-refractivity contribution >= 4 is 41.1 Å². The van der Waals surface area contributed by atoms with Crippen LogP contribution in [0.15, 0.2) is 18.5 Å². The first kappa shape index (κ1) is 14.0. The van der Waals surface area contributed by atoms with E-state index in [1.807, 2.05) is 16.7 Å². The Bertz CT molecular complexity index is 627. The van der Waals surface area contributed by atoms with Crippen LogP contribution in [0.3, 0.4) is 0 Å². The molecule has 0 fully saturated rings. The minimum atomic E-state index is 0. The standard InChI is InChI=1S/C11H12ClN5O.ClH/c12-9-8-10(16-11(13)15-9)17(5-14-8)7-2-1-6(3-7)4-18;/h1-2,5-7,18H,3-4H2,(H2,13,15,16);1H. The van der Waals surface area contributed by atoms with Crippen molar-refractivity contribution in [2.24, 2.45) is 5.92 Å². The van der Waals surface area contributed by atoms with E-state index >= 15 is 0 Å². The van der Waals surface area contributed by atoms with Gasteiger partial charge in [-0.05, 0) is 6.42 Å². The van der Waals surface area contributed by atoms with Crippen molar-refractivity contribution in [1.82, 2.24) is 19.5 Å². The Morgan fingerprint density at radius 3 is 2.89 bits per heavy atom. The maximum atomic E-state index is 9.14. The molecule has 0 aromatic carbocycles. The molecule has 6 nitrogen and oxygen atoms in total. The SMILES string of the molecule is Cl.Nc1nc(Cl)c2ncn(C3C=CC(CO)C3)c2n1. The van der Waals surface area contributed by atoms with Gasteiger partial charge in [0.15, 0.2) is 10.8 Å². The molecule has 19 heavy (non-hydrogen) atoms. The Morgan fingerprint density at radius 1 is 1.42 bits per heavy atom. The van der Waals surface area contributed by atoms with Gasteiger partial charge in [-0.1, -0.05) is 23.8 Å². The van der Waals surface area contributed by atoms with Crippen LogP contribution >= 0.6 is 24.0 Å². The molecule has 2 aromatic rings. The number of anilines is 1.